The SMILES string of the molecule is CC(=O)CCC1(CC2(CCC(=O)Br)c3ccccc3-c3nc4ccccc4cc32)c2cc3ccccc3nc2C2=CC=CCC21. The summed E-state index contributed by atoms with van der Waals surface area (Å²) in [5, 5.41) is 2.21. The second-order valence-corrected chi connectivity index (χ2v) is 13.9. The Hall–Kier alpha value is -4.22. The highest BCUT2D eigenvalue weighted by atomic mass is 79.9. The van der Waals surface area contributed by atoms with Crippen molar-refractivity contribution in [3.05, 3.63) is 126 Å². The van der Waals surface area contributed by atoms with Crippen LogP contribution in [0.4, 0.5) is 0 Å². The predicted octanol–water partition coefficient (Wildman–Crippen LogP) is 9.42. The third kappa shape index (κ3) is 4.39. The van der Waals surface area contributed by atoms with E-state index in [-0.39, 0.29) is 21.8 Å². The number of halogens is 1. The van der Waals surface area contributed by atoms with Crippen molar-refractivity contribution in [3.8, 4) is 11.3 Å². The number of rotatable bonds is 8. The van der Waals surface area contributed by atoms with Gasteiger partial charge in [-0.1, -0.05) is 78.9 Å². The van der Waals surface area contributed by atoms with Gasteiger partial charge in [0.05, 0.1) is 22.4 Å². The number of aromatic nitrogens is 2. The van der Waals surface area contributed by atoms with Crippen molar-refractivity contribution in [1.82, 2.24) is 9.97 Å². The first-order valence-electron chi connectivity index (χ1n) is 15.8. The number of nitrogens with zero attached hydrogens (tertiary/aromatic N) is 2. The number of fused-ring (bicyclic) bond motifs is 8. The Morgan fingerprint density at radius 2 is 1.47 bits per heavy atom. The molecule has 4 nitrogen and oxygen atoms in total. The zero-order valence-electron chi connectivity index (χ0n) is 25.2. The summed E-state index contributed by atoms with van der Waals surface area (Å²) in [6.07, 6.45) is 10.5. The maximum absolute atomic E-state index is 12.8. The third-order valence-corrected chi connectivity index (χ3v) is 11.0. The van der Waals surface area contributed by atoms with Crippen LogP contribution in [-0.2, 0) is 20.4 Å². The van der Waals surface area contributed by atoms with Crippen LogP contribution in [0.25, 0.3) is 38.6 Å². The molecule has 0 saturated carbocycles. The number of hydrogen-bond acceptors (Lipinski definition) is 4. The van der Waals surface area contributed by atoms with Crippen molar-refractivity contribution < 1.29 is 9.59 Å². The molecule has 0 aliphatic heterocycles. The molecule has 3 aliphatic rings. The van der Waals surface area contributed by atoms with Gasteiger partial charge in [0.2, 0.25) is 0 Å². The molecule has 45 heavy (non-hydrogen) atoms. The van der Waals surface area contributed by atoms with E-state index in [4.69, 9.17) is 9.97 Å². The van der Waals surface area contributed by atoms with Gasteiger partial charge < -0.3 is 4.79 Å². The number of carbonyl (C=O) groups excluding carboxylic acids is 2. The highest BCUT2D eigenvalue weighted by Crippen LogP contribution is 2.64. The molecular weight excluding hydrogens is 620 g/mol. The molecule has 3 aliphatic carbocycles. The Kier molecular flexibility index (Phi) is 6.72. The Bertz CT molecular complexity index is 2110. The van der Waals surface area contributed by atoms with E-state index in [0.717, 1.165) is 51.6 Å². The maximum atomic E-state index is 12.8. The van der Waals surface area contributed by atoms with Gasteiger partial charge in [-0.3, -0.25) is 4.79 Å². The van der Waals surface area contributed by atoms with Gasteiger partial charge in [-0.2, -0.15) is 0 Å². The molecule has 0 fully saturated rings. The fraction of sp³-hybridized carbons (Fsp3) is 0.250. The van der Waals surface area contributed by atoms with E-state index in [1.165, 1.54) is 22.3 Å². The molecule has 3 atom stereocenters. The number of para-hydroxylation sites is 2. The normalized spacial score (nSPS) is 22.5. The summed E-state index contributed by atoms with van der Waals surface area (Å²) < 4.78 is 0.00000723. The molecule has 0 saturated heterocycles. The predicted molar refractivity (Wildman–Crippen MR) is 184 cm³/mol. The smallest absolute Gasteiger partial charge is 0.197 e. The standard InChI is InChI=1S/C40H33BrN2O2/c1-25(44)18-20-39(30-14-6-4-12-28(30)37-32(39)22-26-10-2-8-16-34(26)42-37)24-40(21-19-36(41)45)31-15-7-5-13-29(31)38-33(40)23-27-11-3-9-17-35(27)43-38/h2-13,15-17,22-23,30H,14,18-21,24H2,1H3. The summed E-state index contributed by atoms with van der Waals surface area (Å²) >= 11 is 3.28. The summed E-state index contributed by atoms with van der Waals surface area (Å²) in [6, 6.07) is 29.9. The van der Waals surface area contributed by atoms with E-state index in [1.807, 2.05) is 12.1 Å². The van der Waals surface area contributed by atoms with Gasteiger partial charge in [-0.15, -0.1) is 0 Å². The monoisotopic (exact) mass is 652 g/mol. The van der Waals surface area contributed by atoms with Crippen molar-refractivity contribution in [2.45, 2.75) is 56.3 Å². The molecule has 0 spiro atoms. The number of carbonyl (C=O) groups is 2. The molecule has 0 radical (unpaired) electrons. The Labute approximate surface area is 271 Å². The number of pyridine rings is 2. The largest absolute Gasteiger partial charge is 0.300 e. The van der Waals surface area contributed by atoms with Gasteiger partial charge in [-0.05, 0) is 101 Å². The first kappa shape index (κ1) is 28.3. The minimum atomic E-state index is -0.497. The molecular formula is C40H33BrN2O2. The van der Waals surface area contributed by atoms with Crippen LogP contribution < -0.4 is 0 Å². The highest BCUT2D eigenvalue weighted by Gasteiger charge is 2.56. The van der Waals surface area contributed by atoms with Crippen LogP contribution in [0, 0.1) is 5.92 Å². The zero-order valence-corrected chi connectivity index (χ0v) is 26.8. The average Bonchev–Trinajstić information content (AvgIpc) is 3.47. The van der Waals surface area contributed by atoms with Gasteiger partial charge in [0.15, 0.2) is 4.69 Å². The van der Waals surface area contributed by atoms with E-state index < -0.39 is 5.41 Å². The molecule has 2 heterocycles. The van der Waals surface area contributed by atoms with Crippen LogP contribution in [0.1, 0.15) is 67.8 Å². The lowest BCUT2D eigenvalue weighted by molar-refractivity contribution is -0.117. The number of Topliss-reactive ketones (excluding diaryl/α,β-unsaturated/α-hetero) is 1. The molecule has 3 aromatic carbocycles. The minimum Gasteiger partial charge on any atom is -0.300 e. The summed E-state index contributed by atoms with van der Waals surface area (Å²) in [6.45, 7) is 1.70. The van der Waals surface area contributed by atoms with Crippen LogP contribution in [0.3, 0.4) is 0 Å². The van der Waals surface area contributed by atoms with Gasteiger partial charge in [-0.25, -0.2) is 9.97 Å². The van der Waals surface area contributed by atoms with Gasteiger partial charge in [0, 0.05) is 40.0 Å². The van der Waals surface area contributed by atoms with E-state index in [0.29, 0.717) is 25.7 Å². The Morgan fingerprint density at radius 1 is 0.800 bits per heavy atom. The fourth-order valence-corrected chi connectivity index (χ4v) is 8.85. The first-order chi connectivity index (χ1) is 21.9. The van der Waals surface area contributed by atoms with E-state index >= 15 is 0 Å². The second kappa shape index (κ2) is 10.7. The fourth-order valence-electron chi connectivity index (χ4n) is 8.65. The summed E-state index contributed by atoms with van der Waals surface area (Å²) in [7, 11) is 0. The summed E-state index contributed by atoms with van der Waals surface area (Å²) in [4.78, 5) is 36.1. The highest BCUT2D eigenvalue weighted by molar-refractivity contribution is 9.18. The average molecular weight is 654 g/mol. The molecule has 2 aromatic heterocycles. The lowest BCUT2D eigenvalue weighted by Gasteiger charge is -2.45. The van der Waals surface area contributed by atoms with Crippen molar-refractivity contribution in [3.63, 3.8) is 0 Å². The number of hydrogen-bond donors (Lipinski definition) is 0. The summed E-state index contributed by atoms with van der Waals surface area (Å²) in [5.74, 6) is 0.361. The van der Waals surface area contributed by atoms with Crippen LogP contribution in [0.15, 0.2) is 103 Å². The number of benzene rings is 3. The second-order valence-electron chi connectivity index (χ2n) is 13.0. The quantitative estimate of drug-likeness (QED) is 0.157. The lowest BCUT2D eigenvalue weighted by atomic mass is 9.57. The topological polar surface area (TPSA) is 59.9 Å². The van der Waals surface area contributed by atoms with E-state index in [9.17, 15) is 9.59 Å². The van der Waals surface area contributed by atoms with Crippen molar-refractivity contribution in [2.24, 2.45) is 5.92 Å². The Morgan fingerprint density at radius 3 is 2.20 bits per heavy atom. The zero-order chi connectivity index (χ0) is 30.8. The van der Waals surface area contributed by atoms with Gasteiger partial charge in [0.1, 0.15) is 5.78 Å². The van der Waals surface area contributed by atoms with Gasteiger partial charge >= 0.3 is 0 Å². The van der Waals surface area contributed by atoms with Crippen LogP contribution >= 0.6 is 15.9 Å². The molecule has 5 aromatic rings. The lowest BCUT2D eigenvalue weighted by Crippen LogP contribution is -2.41. The van der Waals surface area contributed by atoms with Crippen molar-refractivity contribution in [2.75, 3.05) is 0 Å². The van der Waals surface area contributed by atoms with Gasteiger partial charge in [0.25, 0.3) is 0 Å². The number of allylic oxidation sites excluding steroid dienone is 4. The molecule has 8 rings (SSSR count). The molecule has 5 heteroatoms. The van der Waals surface area contributed by atoms with E-state index in [1.54, 1.807) is 6.92 Å². The minimum absolute atomic E-state index is 0.00000723. The van der Waals surface area contributed by atoms with Crippen LogP contribution in [0.5, 0.6) is 0 Å². The molecule has 0 bridgehead atoms. The van der Waals surface area contributed by atoms with Crippen LogP contribution in [0.2, 0.25) is 0 Å². The first-order valence-corrected chi connectivity index (χ1v) is 16.6. The third-order valence-electron chi connectivity index (χ3n) is 10.6. The van der Waals surface area contributed by atoms with E-state index in [2.05, 4.69) is 107 Å². The number of ketones is 1. The summed E-state index contributed by atoms with van der Waals surface area (Å²) in [5.41, 5.74) is 9.15. The maximum Gasteiger partial charge on any atom is 0.197 e. The molecule has 222 valence electrons. The Balaban J connectivity index is 1.43. The molecule has 0 amide bonds. The van der Waals surface area contributed by atoms with Crippen molar-refractivity contribution >= 4 is 53.8 Å². The molecule has 3 unspecified atom stereocenters. The van der Waals surface area contributed by atoms with Crippen molar-refractivity contribution in [1.29, 1.82) is 0 Å². The van der Waals surface area contributed by atoms with Crippen LogP contribution in [-0.4, -0.2) is 20.4 Å². The molecule has 0 N–H and O–H groups in total.